The summed E-state index contributed by atoms with van der Waals surface area (Å²) in [7, 11) is 0. The average molecular weight is 394 g/mol. The van der Waals surface area contributed by atoms with E-state index in [1.165, 1.54) is 4.68 Å². The van der Waals surface area contributed by atoms with Gasteiger partial charge in [-0.05, 0) is 57.5 Å². The highest BCUT2D eigenvalue weighted by molar-refractivity contribution is 5.99. The van der Waals surface area contributed by atoms with Gasteiger partial charge in [0.1, 0.15) is 17.4 Å². The summed E-state index contributed by atoms with van der Waals surface area (Å²) in [5.74, 6) is -0.409. The van der Waals surface area contributed by atoms with Crippen molar-refractivity contribution in [1.82, 2.24) is 19.8 Å². The van der Waals surface area contributed by atoms with Crippen LogP contribution < -0.4 is 5.43 Å². The van der Waals surface area contributed by atoms with Gasteiger partial charge in [-0.1, -0.05) is 12.1 Å². The smallest absolute Gasteiger partial charge is 0.312 e. The fraction of sp³-hybridized carbons (Fsp3) is 0.250. The molecular weight excluding hydrogens is 372 g/mol. The van der Waals surface area contributed by atoms with Crippen LogP contribution in [0.25, 0.3) is 5.69 Å². The normalized spacial score (nSPS) is 12.6. The summed E-state index contributed by atoms with van der Waals surface area (Å²) in [6.07, 6.45) is 3.92. The maximum Gasteiger partial charge on any atom is 0.312 e. The Labute approximate surface area is 167 Å². The molecule has 0 aliphatic rings. The molecule has 1 unspecified atom stereocenters. The van der Waals surface area contributed by atoms with Crippen molar-refractivity contribution in [3.05, 3.63) is 75.9 Å². The molecule has 0 spiro atoms. The largest absolute Gasteiger partial charge is 0.324 e. The molecule has 1 N–H and O–H groups in total. The molecule has 0 radical (unpaired) electrons. The predicted octanol–water partition coefficient (Wildman–Crippen LogP) is 3.30. The Bertz CT molecular complexity index is 1060. The molecule has 0 aliphatic carbocycles. The Hall–Kier alpha value is -3.75. The minimum atomic E-state index is -0.741. The molecule has 0 saturated carbocycles. The van der Waals surface area contributed by atoms with Crippen molar-refractivity contribution < 1.29 is 9.72 Å². The van der Waals surface area contributed by atoms with E-state index < -0.39 is 16.9 Å². The van der Waals surface area contributed by atoms with Gasteiger partial charge in [0.05, 0.1) is 10.6 Å². The number of hydrogen-bond donors (Lipinski definition) is 1. The van der Waals surface area contributed by atoms with Crippen molar-refractivity contribution in [3.63, 3.8) is 0 Å². The Balaban J connectivity index is 1.71. The van der Waals surface area contributed by atoms with Gasteiger partial charge in [0.15, 0.2) is 0 Å². The van der Waals surface area contributed by atoms with E-state index in [2.05, 4.69) is 15.6 Å². The molecule has 1 amide bonds. The van der Waals surface area contributed by atoms with Gasteiger partial charge in [-0.2, -0.15) is 10.2 Å². The van der Waals surface area contributed by atoms with Gasteiger partial charge in [-0.3, -0.25) is 19.6 Å². The number of nitrogens with zero attached hydrogens (tertiary/aromatic N) is 5. The van der Waals surface area contributed by atoms with Crippen molar-refractivity contribution in [2.24, 2.45) is 5.10 Å². The van der Waals surface area contributed by atoms with Crippen LogP contribution in [0.4, 0.5) is 5.69 Å². The van der Waals surface area contributed by atoms with Crippen LogP contribution in [0, 0.1) is 24.0 Å². The fourth-order valence-corrected chi connectivity index (χ4v) is 3.08. The lowest BCUT2D eigenvalue weighted by Crippen LogP contribution is -2.29. The van der Waals surface area contributed by atoms with Gasteiger partial charge in [-0.15, -0.1) is 0 Å². The Morgan fingerprint density at radius 2 is 1.83 bits per heavy atom. The van der Waals surface area contributed by atoms with Crippen LogP contribution in [-0.4, -0.2) is 30.9 Å². The van der Waals surface area contributed by atoms with Crippen LogP contribution >= 0.6 is 0 Å². The molecule has 29 heavy (non-hydrogen) atoms. The zero-order valence-corrected chi connectivity index (χ0v) is 16.7. The molecule has 9 nitrogen and oxygen atoms in total. The first-order valence-electron chi connectivity index (χ1n) is 9.07. The Kier molecular flexibility index (Phi) is 5.58. The van der Waals surface area contributed by atoms with Crippen LogP contribution in [0.1, 0.15) is 36.8 Å². The van der Waals surface area contributed by atoms with E-state index in [1.807, 2.05) is 53.4 Å². The number of nitro groups is 1. The molecule has 9 heteroatoms. The summed E-state index contributed by atoms with van der Waals surface area (Å²) in [4.78, 5) is 23.1. The van der Waals surface area contributed by atoms with E-state index in [1.54, 1.807) is 27.7 Å². The molecule has 2 aromatic heterocycles. The van der Waals surface area contributed by atoms with Crippen LogP contribution in [0.2, 0.25) is 0 Å². The van der Waals surface area contributed by atoms with Crippen LogP contribution in [0.15, 0.2) is 53.9 Å². The maximum atomic E-state index is 12.5. The van der Waals surface area contributed by atoms with Gasteiger partial charge < -0.3 is 4.57 Å². The zero-order valence-electron chi connectivity index (χ0n) is 16.7. The molecule has 0 aliphatic heterocycles. The summed E-state index contributed by atoms with van der Waals surface area (Å²) in [5.41, 5.74) is 5.58. The summed E-state index contributed by atoms with van der Waals surface area (Å²) in [6.45, 7) is 6.54. The molecule has 150 valence electrons. The number of rotatable bonds is 6. The highest BCUT2D eigenvalue weighted by Crippen LogP contribution is 2.24. The molecule has 1 aromatic carbocycles. The fourth-order valence-electron chi connectivity index (χ4n) is 3.08. The molecule has 3 rings (SSSR count). The minimum Gasteiger partial charge on any atom is -0.324 e. The Morgan fingerprint density at radius 1 is 1.21 bits per heavy atom. The first-order chi connectivity index (χ1) is 13.8. The molecule has 2 heterocycles. The number of benzene rings is 1. The van der Waals surface area contributed by atoms with E-state index in [-0.39, 0.29) is 11.4 Å². The van der Waals surface area contributed by atoms with Crippen molar-refractivity contribution in [2.75, 3.05) is 0 Å². The van der Waals surface area contributed by atoms with Crippen LogP contribution in [0.3, 0.4) is 0 Å². The maximum absolute atomic E-state index is 12.5. The second-order valence-electron chi connectivity index (χ2n) is 6.71. The first-order valence-corrected chi connectivity index (χ1v) is 9.07. The lowest BCUT2D eigenvalue weighted by molar-refractivity contribution is -0.386. The number of amides is 1. The van der Waals surface area contributed by atoms with Crippen LogP contribution in [0.5, 0.6) is 0 Å². The lowest BCUT2D eigenvalue weighted by atomic mass is 10.1. The van der Waals surface area contributed by atoms with E-state index in [9.17, 15) is 14.9 Å². The highest BCUT2D eigenvalue weighted by atomic mass is 16.6. The van der Waals surface area contributed by atoms with Gasteiger partial charge in [0.25, 0.3) is 5.91 Å². The van der Waals surface area contributed by atoms with Gasteiger partial charge in [0, 0.05) is 18.1 Å². The summed E-state index contributed by atoms with van der Waals surface area (Å²) in [5, 5.41) is 19.4. The Morgan fingerprint density at radius 3 is 2.38 bits per heavy atom. The van der Waals surface area contributed by atoms with Crippen LogP contribution in [-0.2, 0) is 4.79 Å². The SMILES string of the molecule is C/C(=N\NC(=O)C(C)n1nc(C)c([N+](=O)[O-])c1C)c1ccc(-n2cccc2)cc1. The van der Waals surface area contributed by atoms with Crippen molar-refractivity contribution >= 4 is 17.3 Å². The number of aryl methyl sites for hydroxylation is 1. The monoisotopic (exact) mass is 394 g/mol. The third-order valence-electron chi connectivity index (χ3n) is 4.74. The number of carbonyl (C=O) groups is 1. The van der Waals surface area contributed by atoms with Crippen molar-refractivity contribution in [2.45, 2.75) is 33.7 Å². The van der Waals surface area contributed by atoms with Crippen molar-refractivity contribution in [3.8, 4) is 5.69 Å². The lowest BCUT2D eigenvalue weighted by Gasteiger charge is -2.12. The average Bonchev–Trinajstić information content (AvgIpc) is 3.33. The first kappa shape index (κ1) is 20.0. The molecule has 0 saturated heterocycles. The molecule has 1 atom stereocenters. The van der Waals surface area contributed by atoms with E-state index in [4.69, 9.17) is 0 Å². The summed E-state index contributed by atoms with van der Waals surface area (Å²) >= 11 is 0. The van der Waals surface area contributed by atoms with Gasteiger partial charge in [-0.25, -0.2) is 5.43 Å². The second-order valence-corrected chi connectivity index (χ2v) is 6.71. The third-order valence-corrected chi connectivity index (χ3v) is 4.74. The number of aromatic nitrogens is 3. The molecule has 3 aromatic rings. The van der Waals surface area contributed by atoms with E-state index in [0.29, 0.717) is 11.4 Å². The molecule has 0 bridgehead atoms. The second kappa shape index (κ2) is 8.09. The number of hydrazone groups is 1. The number of carbonyl (C=O) groups excluding carboxylic acids is 1. The molecular formula is C20H22N6O3. The standard InChI is InChI=1S/C20H22N6O3/c1-13(17-7-9-18(10-8-17)24-11-5-6-12-24)21-22-20(27)16(4)25-15(3)19(26(28)29)14(2)23-25/h5-12,16H,1-4H3,(H,22,27)/b21-13+. The quantitative estimate of drug-likeness (QED) is 0.393. The zero-order chi connectivity index (χ0) is 21.1. The van der Waals surface area contributed by atoms with Gasteiger partial charge in [0.2, 0.25) is 0 Å². The number of hydrogen-bond acceptors (Lipinski definition) is 5. The highest BCUT2D eigenvalue weighted by Gasteiger charge is 2.26. The van der Waals surface area contributed by atoms with E-state index in [0.717, 1.165) is 11.3 Å². The third kappa shape index (κ3) is 4.08. The number of nitrogens with one attached hydrogen (secondary N) is 1. The minimum absolute atomic E-state index is 0.0767. The molecule has 0 fully saturated rings. The summed E-state index contributed by atoms with van der Waals surface area (Å²) < 4.78 is 3.34. The summed E-state index contributed by atoms with van der Waals surface area (Å²) in [6, 6.07) is 10.9. The van der Waals surface area contributed by atoms with E-state index >= 15 is 0 Å². The van der Waals surface area contributed by atoms with Crippen molar-refractivity contribution in [1.29, 1.82) is 0 Å². The van der Waals surface area contributed by atoms with Gasteiger partial charge >= 0.3 is 5.69 Å². The predicted molar refractivity (Wildman–Crippen MR) is 109 cm³/mol. The topological polar surface area (TPSA) is 107 Å².